The van der Waals surface area contributed by atoms with Crippen molar-refractivity contribution in [2.75, 3.05) is 0 Å². The standard InChI is InChI=1S/C10H14N4OS/c11-9(16)6-2-1-3-7(6)13-10(15)8-4-5-12-14-8/h4-7H,1-3H2,(H2,11,16)(H,12,14)(H,13,15). The SMILES string of the molecule is NC(=S)C1CCCC1NC(=O)c1ccn[nH]1. The van der Waals surface area contributed by atoms with E-state index in [1.165, 1.54) is 0 Å². The molecule has 1 saturated carbocycles. The van der Waals surface area contributed by atoms with Crippen LogP contribution in [0.1, 0.15) is 29.8 Å². The molecule has 0 saturated heterocycles. The minimum absolute atomic E-state index is 0.0632. The molecule has 1 aromatic heterocycles. The van der Waals surface area contributed by atoms with Crippen molar-refractivity contribution in [1.82, 2.24) is 15.5 Å². The molecule has 0 aromatic carbocycles. The Morgan fingerprint density at radius 2 is 2.44 bits per heavy atom. The summed E-state index contributed by atoms with van der Waals surface area (Å²) >= 11 is 4.99. The molecule has 1 amide bonds. The minimum atomic E-state index is -0.148. The fourth-order valence-corrected chi connectivity index (χ4v) is 2.38. The highest BCUT2D eigenvalue weighted by Gasteiger charge is 2.30. The highest BCUT2D eigenvalue weighted by atomic mass is 32.1. The minimum Gasteiger partial charge on any atom is -0.393 e. The summed E-state index contributed by atoms with van der Waals surface area (Å²) in [7, 11) is 0. The zero-order chi connectivity index (χ0) is 11.5. The number of aromatic nitrogens is 2. The van der Waals surface area contributed by atoms with Crippen molar-refractivity contribution >= 4 is 23.1 Å². The van der Waals surface area contributed by atoms with Gasteiger partial charge in [0.05, 0.1) is 4.99 Å². The van der Waals surface area contributed by atoms with Crippen LogP contribution in [0.25, 0.3) is 0 Å². The number of thiocarbonyl (C=S) groups is 1. The van der Waals surface area contributed by atoms with Gasteiger partial charge in [-0.3, -0.25) is 9.89 Å². The van der Waals surface area contributed by atoms with Crippen molar-refractivity contribution in [3.05, 3.63) is 18.0 Å². The van der Waals surface area contributed by atoms with Gasteiger partial charge in [-0.25, -0.2) is 0 Å². The van der Waals surface area contributed by atoms with E-state index in [1.54, 1.807) is 12.3 Å². The number of aromatic amines is 1. The van der Waals surface area contributed by atoms with Gasteiger partial charge in [0, 0.05) is 18.2 Å². The largest absolute Gasteiger partial charge is 0.393 e. The lowest BCUT2D eigenvalue weighted by atomic mass is 10.0. The normalized spacial score (nSPS) is 24.2. The Balaban J connectivity index is 1.99. The molecule has 0 aliphatic heterocycles. The second-order valence-electron chi connectivity index (χ2n) is 3.99. The van der Waals surface area contributed by atoms with Crippen molar-refractivity contribution in [3.63, 3.8) is 0 Å². The summed E-state index contributed by atoms with van der Waals surface area (Å²) in [5, 5.41) is 9.30. The molecule has 1 fully saturated rings. The molecule has 4 N–H and O–H groups in total. The van der Waals surface area contributed by atoms with Gasteiger partial charge in [-0.05, 0) is 18.9 Å². The van der Waals surface area contributed by atoms with Gasteiger partial charge in [-0.2, -0.15) is 5.10 Å². The van der Waals surface area contributed by atoms with Crippen LogP contribution in [-0.4, -0.2) is 27.1 Å². The average Bonchev–Trinajstić information content (AvgIpc) is 2.86. The Morgan fingerprint density at radius 3 is 3.06 bits per heavy atom. The number of nitrogens with zero attached hydrogens (tertiary/aromatic N) is 1. The number of nitrogens with two attached hydrogens (primary N) is 1. The summed E-state index contributed by atoms with van der Waals surface area (Å²) in [6, 6.07) is 1.70. The van der Waals surface area contributed by atoms with Crippen LogP contribution < -0.4 is 11.1 Å². The molecular weight excluding hydrogens is 224 g/mol. The molecule has 86 valence electrons. The lowest BCUT2D eigenvalue weighted by molar-refractivity contribution is 0.0928. The molecular formula is C10H14N4OS. The molecule has 1 aliphatic rings. The van der Waals surface area contributed by atoms with Crippen LogP contribution in [0.3, 0.4) is 0 Å². The van der Waals surface area contributed by atoms with E-state index in [4.69, 9.17) is 18.0 Å². The van der Waals surface area contributed by atoms with Crippen LogP contribution in [0.2, 0.25) is 0 Å². The first kappa shape index (κ1) is 11.1. The van der Waals surface area contributed by atoms with E-state index in [2.05, 4.69) is 15.5 Å². The summed E-state index contributed by atoms with van der Waals surface area (Å²) in [6.07, 6.45) is 4.50. The third-order valence-electron chi connectivity index (χ3n) is 2.94. The first-order valence-electron chi connectivity index (χ1n) is 5.28. The maximum Gasteiger partial charge on any atom is 0.269 e. The van der Waals surface area contributed by atoms with E-state index in [9.17, 15) is 4.79 Å². The topological polar surface area (TPSA) is 83.8 Å². The number of hydrogen-bond donors (Lipinski definition) is 3. The molecule has 2 rings (SSSR count). The molecule has 6 heteroatoms. The van der Waals surface area contributed by atoms with Crippen molar-refractivity contribution in [3.8, 4) is 0 Å². The van der Waals surface area contributed by atoms with Crippen molar-refractivity contribution < 1.29 is 4.79 Å². The molecule has 5 nitrogen and oxygen atoms in total. The highest BCUT2D eigenvalue weighted by molar-refractivity contribution is 7.80. The second-order valence-corrected chi connectivity index (χ2v) is 4.46. The fourth-order valence-electron chi connectivity index (χ4n) is 2.10. The van der Waals surface area contributed by atoms with E-state index < -0.39 is 0 Å². The summed E-state index contributed by atoms with van der Waals surface area (Å²) in [4.78, 5) is 12.3. The Bertz CT molecular complexity index is 390. The van der Waals surface area contributed by atoms with Crippen LogP contribution in [0.5, 0.6) is 0 Å². The van der Waals surface area contributed by atoms with Gasteiger partial charge in [0.25, 0.3) is 5.91 Å². The maximum absolute atomic E-state index is 11.8. The lowest BCUT2D eigenvalue weighted by Crippen LogP contribution is -2.41. The van der Waals surface area contributed by atoms with Crippen molar-refractivity contribution in [2.24, 2.45) is 11.7 Å². The highest BCUT2D eigenvalue weighted by Crippen LogP contribution is 2.26. The zero-order valence-electron chi connectivity index (χ0n) is 8.77. The monoisotopic (exact) mass is 238 g/mol. The summed E-state index contributed by atoms with van der Waals surface area (Å²) < 4.78 is 0. The molecule has 0 bridgehead atoms. The summed E-state index contributed by atoms with van der Waals surface area (Å²) in [5.41, 5.74) is 6.11. The first-order chi connectivity index (χ1) is 7.68. The Kier molecular flexibility index (Phi) is 3.19. The first-order valence-corrected chi connectivity index (χ1v) is 5.69. The number of H-pyrrole nitrogens is 1. The summed E-state index contributed by atoms with van der Waals surface area (Å²) in [5.74, 6) is -0.0208. The van der Waals surface area contributed by atoms with Gasteiger partial charge < -0.3 is 11.1 Å². The van der Waals surface area contributed by atoms with E-state index >= 15 is 0 Å². The number of amides is 1. The molecule has 0 radical (unpaired) electrons. The van der Waals surface area contributed by atoms with Crippen LogP contribution in [0.4, 0.5) is 0 Å². The fraction of sp³-hybridized carbons (Fsp3) is 0.500. The van der Waals surface area contributed by atoms with Gasteiger partial charge in [0.1, 0.15) is 5.69 Å². The Hall–Kier alpha value is -1.43. The van der Waals surface area contributed by atoms with E-state index in [1.807, 2.05) is 0 Å². The van der Waals surface area contributed by atoms with Crippen LogP contribution in [0, 0.1) is 5.92 Å². The van der Waals surface area contributed by atoms with Crippen LogP contribution in [-0.2, 0) is 0 Å². The van der Waals surface area contributed by atoms with E-state index in [-0.39, 0.29) is 17.9 Å². The Labute approximate surface area is 98.8 Å². The summed E-state index contributed by atoms with van der Waals surface area (Å²) in [6.45, 7) is 0. The van der Waals surface area contributed by atoms with E-state index in [0.717, 1.165) is 19.3 Å². The molecule has 2 unspecified atom stereocenters. The maximum atomic E-state index is 11.8. The quantitative estimate of drug-likeness (QED) is 0.673. The predicted octanol–water partition coefficient (Wildman–Crippen LogP) is 0.594. The van der Waals surface area contributed by atoms with Gasteiger partial charge in [0.15, 0.2) is 0 Å². The van der Waals surface area contributed by atoms with E-state index in [0.29, 0.717) is 10.7 Å². The van der Waals surface area contributed by atoms with Gasteiger partial charge in [-0.15, -0.1) is 0 Å². The lowest BCUT2D eigenvalue weighted by Gasteiger charge is -2.19. The van der Waals surface area contributed by atoms with Crippen LogP contribution >= 0.6 is 12.2 Å². The average molecular weight is 238 g/mol. The second kappa shape index (κ2) is 4.61. The van der Waals surface area contributed by atoms with Gasteiger partial charge in [0.2, 0.25) is 0 Å². The number of nitrogens with one attached hydrogen (secondary N) is 2. The van der Waals surface area contributed by atoms with Crippen molar-refractivity contribution in [1.29, 1.82) is 0 Å². The van der Waals surface area contributed by atoms with Crippen LogP contribution in [0.15, 0.2) is 12.3 Å². The van der Waals surface area contributed by atoms with Crippen molar-refractivity contribution in [2.45, 2.75) is 25.3 Å². The number of carbonyl (C=O) groups excluding carboxylic acids is 1. The van der Waals surface area contributed by atoms with Gasteiger partial charge in [-0.1, -0.05) is 18.6 Å². The molecule has 2 atom stereocenters. The number of carbonyl (C=O) groups is 1. The third kappa shape index (κ3) is 2.21. The van der Waals surface area contributed by atoms with Gasteiger partial charge >= 0.3 is 0 Å². The molecule has 1 heterocycles. The molecule has 1 aromatic rings. The Morgan fingerprint density at radius 1 is 1.62 bits per heavy atom. The third-order valence-corrected chi connectivity index (χ3v) is 3.25. The molecule has 16 heavy (non-hydrogen) atoms. The predicted molar refractivity (Wildman–Crippen MR) is 64.0 cm³/mol. The smallest absolute Gasteiger partial charge is 0.269 e. The number of rotatable bonds is 3. The number of hydrogen-bond acceptors (Lipinski definition) is 3. The molecule has 0 spiro atoms. The zero-order valence-corrected chi connectivity index (χ0v) is 9.59. The molecule has 1 aliphatic carbocycles.